The number of aromatic amines is 1. The second-order valence-electron chi connectivity index (χ2n) is 10.4. The van der Waals surface area contributed by atoms with E-state index in [4.69, 9.17) is 0 Å². The van der Waals surface area contributed by atoms with Gasteiger partial charge in [0.1, 0.15) is 23.5 Å². The molecule has 1 aliphatic heterocycles. The largest absolute Gasteiger partial charge is 0.433 e. The Morgan fingerprint density at radius 3 is 2.51 bits per heavy atom. The minimum Gasteiger partial charge on any atom is -0.320 e. The highest BCUT2D eigenvalue weighted by molar-refractivity contribution is 5.94. The van der Waals surface area contributed by atoms with Gasteiger partial charge in [0.15, 0.2) is 0 Å². The molecule has 0 amide bonds. The number of hydrogen-bond donors (Lipinski definition) is 1. The van der Waals surface area contributed by atoms with E-state index in [1.807, 2.05) is 36.7 Å². The van der Waals surface area contributed by atoms with Gasteiger partial charge >= 0.3 is 6.18 Å². The quantitative estimate of drug-likeness (QED) is 0.352. The van der Waals surface area contributed by atoms with Crippen molar-refractivity contribution in [1.82, 2.24) is 34.8 Å². The van der Waals surface area contributed by atoms with Gasteiger partial charge in [0.05, 0.1) is 17.3 Å². The summed E-state index contributed by atoms with van der Waals surface area (Å²) >= 11 is 0. The Hall–Kier alpha value is -3.27. The van der Waals surface area contributed by atoms with E-state index in [1.54, 1.807) is 6.33 Å². The molecule has 0 radical (unpaired) electrons. The molecule has 1 aliphatic carbocycles. The summed E-state index contributed by atoms with van der Waals surface area (Å²) in [6, 6.07) is 8.86. The summed E-state index contributed by atoms with van der Waals surface area (Å²) in [4.78, 5) is 6.29. The first-order valence-corrected chi connectivity index (χ1v) is 13.0. The molecule has 3 aromatic heterocycles. The van der Waals surface area contributed by atoms with Crippen LogP contribution in [0, 0.1) is 5.92 Å². The van der Waals surface area contributed by atoms with Crippen LogP contribution in [0.3, 0.4) is 0 Å². The molecule has 6 rings (SSSR count). The fraction of sp³-hybridized carbons (Fsp3) is 0.481. The Balaban J connectivity index is 1.47. The molecule has 194 valence electrons. The van der Waals surface area contributed by atoms with Crippen LogP contribution in [0.5, 0.6) is 0 Å². The third kappa shape index (κ3) is 4.31. The van der Waals surface area contributed by atoms with Crippen molar-refractivity contribution in [2.75, 3.05) is 13.1 Å². The first kappa shape index (κ1) is 24.1. The average Bonchev–Trinajstić information content (AvgIpc) is 3.60. The number of nitrogens with one attached hydrogen (secondary N) is 1. The van der Waals surface area contributed by atoms with E-state index in [0.29, 0.717) is 28.2 Å². The molecule has 1 saturated carbocycles. The number of aryl methyl sites for hydroxylation is 1. The van der Waals surface area contributed by atoms with Gasteiger partial charge in [-0.1, -0.05) is 24.6 Å². The van der Waals surface area contributed by atoms with Gasteiger partial charge in [-0.3, -0.25) is 10.00 Å². The fourth-order valence-corrected chi connectivity index (χ4v) is 5.87. The number of nitrogens with zero attached hydrogens (tertiary/aromatic N) is 6. The molecule has 4 heterocycles. The molecule has 2 unspecified atom stereocenters. The van der Waals surface area contributed by atoms with E-state index >= 15 is 0 Å². The summed E-state index contributed by atoms with van der Waals surface area (Å²) in [6.07, 6.45) is 2.67. The molecule has 2 aliphatic rings. The standard InChI is InChI=1S/C27H30F3N7/c1-16(37-11-3-4-12-37)23-25-20(14-21(32-23)27(28,29)30)24(33-34-25)19-10-6-9-18(13-19)22(17-7-5-8-17)26-35-31-15-36(26)2/h6,9-10,13-17,22H,3-5,7-8,11-12H2,1-2H3,(H,33,34). The lowest BCUT2D eigenvalue weighted by Gasteiger charge is -2.33. The van der Waals surface area contributed by atoms with Crippen molar-refractivity contribution in [2.24, 2.45) is 13.0 Å². The number of rotatable bonds is 6. The molecule has 2 fully saturated rings. The summed E-state index contributed by atoms with van der Waals surface area (Å²) < 4.78 is 43.8. The second kappa shape index (κ2) is 9.24. The SMILES string of the molecule is CC(c1nc(C(F)(F)F)cc2c(-c3cccc(C(c4nncn4C)C4CCC4)c3)n[nH]c12)N1CCCC1. The zero-order chi connectivity index (χ0) is 25.7. The molecule has 0 spiro atoms. The Labute approximate surface area is 213 Å². The first-order valence-electron chi connectivity index (χ1n) is 13.0. The number of pyridine rings is 1. The molecule has 1 saturated heterocycles. The van der Waals surface area contributed by atoms with Crippen molar-refractivity contribution in [3.63, 3.8) is 0 Å². The predicted molar refractivity (Wildman–Crippen MR) is 134 cm³/mol. The van der Waals surface area contributed by atoms with Gasteiger partial charge in [-0.25, -0.2) is 4.98 Å². The van der Waals surface area contributed by atoms with E-state index in [0.717, 1.165) is 61.8 Å². The normalized spacial score (nSPS) is 18.8. The summed E-state index contributed by atoms with van der Waals surface area (Å²) in [7, 11) is 1.95. The number of benzene rings is 1. The number of fused-ring (bicyclic) bond motifs is 1. The molecule has 10 heteroatoms. The lowest BCUT2D eigenvalue weighted by Crippen LogP contribution is -2.25. The van der Waals surface area contributed by atoms with E-state index in [2.05, 4.69) is 36.3 Å². The van der Waals surface area contributed by atoms with Crippen molar-refractivity contribution < 1.29 is 13.2 Å². The third-order valence-electron chi connectivity index (χ3n) is 8.12. The van der Waals surface area contributed by atoms with Gasteiger partial charge in [0, 0.05) is 23.9 Å². The number of likely N-dealkylation sites (tertiary alicyclic amines) is 1. The van der Waals surface area contributed by atoms with Crippen LogP contribution >= 0.6 is 0 Å². The Morgan fingerprint density at radius 2 is 1.86 bits per heavy atom. The van der Waals surface area contributed by atoms with Crippen molar-refractivity contribution in [2.45, 2.75) is 57.2 Å². The Morgan fingerprint density at radius 1 is 1.08 bits per heavy atom. The van der Waals surface area contributed by atoms with Crippen LogP contribution in [0.4, 0.5) is 13.2 Å². The van der Waals surface area contributed by atoms with Crippen LogP contribution < -0.4 is 0 Å². The van der Waals surface area contributed by atoms with Crippen LogP contribution in [0.25, 0.3) is 22.2 Å². The predicted octanol–water partition coefficient (Wildman–Crippen LogP) is 5.86. The Kier molecular flexibility index (Phi) is 6.01. The van der Waals surface area contributed by atoms with Crippen LogP contribution in [0.1, 0.15) is 73.8 Å². The molecule has 1 N–H and O–H groups in total. The van der Waals surface area contributed by atoms with Crippen molar-refractivity contribution in [1.29, 1.82) is 0 Å². The van der Waals surface area contributed by atoms with Crippen molar-refractivity contribution in [3.05, 3.63) is 59.4 Å². The number of alkyl halides is 3. The fourth-order valence-electron chi connectivity index (χ4n) is 5.87. The number of H-pyrrole nitrogens is 1. The highest BCUT2D eigenvalue weighted by Gasteiger charge is 2.36. The lowest BCUT2D eigenvalue weighted by molar-refractivity contribution is -0.141. The van der Waals surface area contributed by atoms with E-state index < -0.39 is 11.9 Å². The van der Waals surface area contributed by atoms with Gasteiger partial charge in [-0.05, 0) is 69.3 Å². The van der Waals surface area contributed by atoms with Crippen LogP contribution in [-0.2, 0) is 13.2 Å². The first-order chi connectivity index (χ1) is 17.8. The molecular formula is C27H30F3N7. The number of halogens is 3. The molecule has 1 aromatic carbocycles. The van der Waals surface area contributed by atoms with Crippen LogP contribution in [0.2, 0.25) is 0 Å². The molecule has 7 nitrogen and oxygen atoms in total. The maximum Gasteiger partial charge on any atom is 0.433 e. The minimum absolute atomic E-state index is 0.0737. The Bertz CT molecular complexity index is 1410. The molecular weight excluding hydrogens is 479 g/mol. The van der Waals surface area contributed by atoms with Crippen LogP contribution in [-0.4, -0.2) is 47.9 Å². The summed E-state index contributed by atoms with van der Waals surface area (Å²) in [5, 5.41) is 16.5. The molecule has 0 bridgehead atoms. The summed E-state index contributed by atoms with van der Waals surface area (Å²) in [5.74, 6) is 1.44. The van der Waals surface area contributed by atoms with Gasteiger partial charge in [0.25, 0.3) is 0 Å². The van der Waals surface area contributed by atoms with Crippen molar-refractivity contribution >= 4 is 10.9 Å². The highest BCUT2D eigenvalue weighted by atomic mass is 19.4. The maximum absolute atomic E-state index is 14.0. The lowest BCUT2D eigenvalue weighted by atomic mass is 9.72. The monoisotopic (exact) mass is 509 g/mol. The van der Waals surface area contributed by atoms with Gasteiger partial charge in [0.2, 0.25) is 0 Å². The van der Waals surface area contributed by atoms with Gasteiger partial charge < -0.3 is 4.57 Å². The molecule has 37 heavy (non-hydrogen) atoms. The van der Waals surface area contributed by atoms with Gasteiger partial charge in [-0.15, -0.1) is 10.2 Å². The van der Waals surface area contributed by atoms with Crippen LogP contribution in [0.15, 0.2) is 36.7 Å². The van der Waals surface area contributed by atoms with E-state index in [1.165, 1.54) is 6.42 Å². The van der Waals surface area contributed by atoms with Crippen molar-refractivity contribution in [3.8, 4) is 11.3 Å². The smallest absolute Gasteiger partial charge is 0.320 e. The summed E-state index contributed by atoms with van der Waals surface area (Å²) in [6.45, 7) is 3.64. The molecule has 2 atom stereocenters. The van der Waals surface area contributed by atoms with E-state index in [-0.39, 0.29) is 12.0 Å². The summed E-state index contributed by atoms with van der Waals surface area (Å²) in [5.41, 5.74) is 2.43. The minimum atomic E-state index is -4.55. The topological polar surface area (TPSA) is 75.5 Å². The maximum atomic E-state index is 14.0. The highest BCUT2D eigenvalue weighted by Crippen LogP contribution is 2.44. The van der Waals surface area contributed by atoms with E-state index in [9.17, 15) is 13.2 Å². The number of hydrogen-bond acceptors (Lipinski definition) is 5. The third-order valence-corrected chi connectivity index (χ3v) is 8.12. The molecule has 4 aromatic rings. The second-order valence-corrected chi connectivity index (χ2v) is 10.4. The zero-order valence-corrected chi connectivity index (χ0v) is 21.0. The zero-order valence-electron chi connectivity index (χ0n) is 21.0. The van der Waals surface area contributed by atoms with Gasteiger partial charge in [-0.2, -0.15) is 18.3 Å². The average molecular weight is 510 g/mol. The number of aromatic nitrogens is 6.